The molecule has 5 N–H and O–H groups in total. The van der Waals surface area contributed by atoms with Crippen molar-refractivity contribution in [3.63, 3.8) is 0 Å². The van der Waals surface area contributed by atoms with Crippen molar-refractivity contribution in [1.29, 1.82) is 0 Å². The molecule has 2 atom stereocenters. The molecule has 0 radical (unpaired) electrons. The number of rotatable bonds is 3. The quantitative estimate of drug-likeness (QED) is 0.273. The van der Waals surface area contributed by atoms with Crippen LogP contribution in [0.4, 0.5) is 0 Å². The van der Waals surface area contributed by atoms with Crippen LogP contribution >= 0.6 is 0 Å². The van der Waals surface area contributed by atoms with E-state index in [1.807, 2.05) is 0 Å². The molecule has 0 aromatic carbocycles. The van der Waals surface area contributed by atoms with Gasteiger partial charge in [0.15, 0.2) is 0 Å². The number of pyridine rings is 1. The zero-order valence-corrected chi connectivity index (χ0v) is 10.3. The van der Waals surface area contributed by atoms with Crippen LogP contribution in [0.1, 0.15) is 29.6 Å². The lowest BCUT2D eigenvalue weighted by molar-refractivity contribution is 0.0930. The largest absolute Gasteiger partial charge is 0.505 e. The molecule has 1 aromatic heterocycles. The highest BCUT2D eigenvalue weighted by Crippen LogP contribution is 2.26. The molecular formula is C12H16N4O3. The number of nitrogens with two attached hydrogens (primary N) is 1. The van der Waals surface area contributed by atoms with Gasteiger partial charge in [0.2, 0.25) is 0 Å². The first kappa shape index (κ1) is 13.1. The predicted octanol–water partition coefficient (Wildman–Crippen LogP) is 0.432. The molecule has 1 aliphatic rings. The van der Waals surface area contributed by atoms with Gasteiger partial charge in [-0.2, -0.15) is 0 Å². The SMILES string of the molecule is N/C(=N/O)C1CCCC1NC(=O)c1ccncc1O. The minimum atomic E-state index is -0.387. The number of amidine groups is 1. The number of nitrogens with one attached hydrogen (secondary N) is 1. The van der Waals surface area contributed by atoms with Crippen LogP contribution in [0.2, 0.25) is 0 Å². The lowest BCUT2D eigenvalue weighted by atomic mass is 10.0. The summed E-state index contributed by atoms with van der Waals surface area (Å²) in [5, 5.41) is 24.1. The fourth-order valence-electron chi connectivity index (χ4n) is 2.39. The Labute approximate surface area is 110 Å². The van der Waals surface area contributed by atoms with E-state index in [1.165, 1.54) is 18.5 Å². The van der Waals surface area contributed by atoms with E-state index in [2.05, 4.69) is 15.5 Å². The van der Waals surface area contributed by atoms with Crippen LogP contribution in [0.3, 0.4) is 0 Å². The van der Waals surface area contributed by atoms with Gasteiger partial charge in [0, 0.05) is 18.2 Å². The van der Waals surface area contributed by atoms with Crippen LogP contribution in [0.5, 0.6) is 5.75 Å². The first-order valence-corrected chi connectivity index (χ1v) is 6.04. The van der Waals surface area contributed by atoms with Crippen molar-refractivity contribution >= 4 is 11.7 Å². The van der Waals surface area contributed by atoms with E-state index in [0.717, 1.165) is 19.3 Å². The molecule has 1 heterocycles. The van der Waals surface area contributed by atoms with E-state index in [9.17, 15) is 9.90 Å². The monoisotopic (exact) mass is 264 g/mol. The Kier molecular flexibility index (Phi) is 3.84. The highest BCUT2D eigenvalue weighted by molar-refractivity contribution is 5.97. The third-order valence-electron chi connectivity index (χ3n) is 3.37. The Hall–Kier alpha value is -2.31. The number of aromatic hydroxyl groups is 1. The Balaban J connectivity index is 2.09. The highest BCUT2D eigenvalue weighted by Gasteiger charge is 2.32. The smallest absolute Gasteiger partial charge is 0.255 e. The van der Waals surface area contributed by atoms with Crippen molar-refractivity contribution in [2.75, 3.05) is 0 Å². The molecular weight excluding hydrogens is 248 g/mol. The standard InChI is InChI=1S/C12H16N4O3/c13-11(16-19)7-2-1-3-9(7)15-12(18)8-4-5-14-6-10(8)17/h4-7,9,17,19H,1-3H2,(H2,13,16)(H,15,18). The van der Waals surface area contributed by atoms with Gasteiger partial charge in [-0.1, -0.05) is 11.6 Å². The Bertz CT molecular complexity index is 504. The van der Waals surface area contributed by atoms with E-state index in [-0.39, 0.29) is 35.0 Å². The third-order valence-corrected chi connectivity index (χ3v) is 3.37. The van der Waals surface area contributed by atoms with Gasteiger partial charge in [0.1, 0.15) is 11.6 Å². The van der Waals surface area contributed by atoms with E-state index in [0.29, 0.717) is 0 Å². The molecule has 7 heteroatoms. The van der Waals surface area contributed by atoms with Gasteiger partial charge in [-0.25, -0.2) is 0 Å². The number of hydrogen-bond acceptors (Lipinski definition) is 5. The van der Waals surface area contributed by atoms with Crippen molar-refractivity contribution in [3.05, 3.63) is 24.0 Å². The number of aromatic nitrogens is 1. The summed E-state index contributed by atoms with van der Waals surface area (Å²) in [5.74, 6) is -0.597. The molecule has 1 aromatic rings. The number of carbonyl (C=O) groups is 1. The van der Waals surface area contributed by atoms with Crippen LogP contribution in [-0.2, 0) is 0 Å². The van der Waals surface area contributed by atoms with Gasteiger partial charge >= 0.3 is 0 Å². The zero-order chi connectivity index (χ0) is 13.8. The molecule has 2 rings (SSSR count). The summed E-state index contributed by atoms with van der Waals surface area (Å²) < 4.78 is 0. The fraction of sp³-hybridized carbons (Fsp3) is 0.417. The molecule has 0 spiro atoms. The van der Waals surface area contributed by atoms with Crippen LogP contribution < -0.4 is 11.1 Å². The molecule has 2 unspecified atom stereocenters. The summed E-state index contributed by atoms with van der Waals surface area (Å²) in [7, 11) is 0. The summed E-state index contributed by atoms with van der Waals surface area (Å²) in [6, 6.07) is 1.26. The summed E-state index contributed by atoms with van der Waals surface area (Å²) in [4.78, 5) is 15.7. The van der Waals surface area contributed by atoms with Crippen molar-refractivity contribution in [3.8, 4) is 5.75 Å². The fourth-order valence-corrected chi connectivity index (χ4v) is 2.39. The maximum Gasteiger partial charge on any atom is 0.255 e. The molecule has 102 valence electrons. The van der Waals surface area contributed by atoms with Crippen molar-refractivity contribution in [2.45, 2.75) is 25.3 Å². The van der Waals surface area contributed by atoms with Gasteiger partial charge in [0.25, 0.3) is 5.91 Å². The second-order valence-electron chi connectivity index (χ2n) is 4.54. The van der Waals surface area contributed by atoms with Gasteiger partial charge in [0.05, 0.1) is 11.8 Å². The molecule has 0 aliphatic heterocycles. The van der Waals surface area contributed by atoms with E-state index in [1.54, 1.807) is 0 Å². The number of carbonyl (C=O) groups excluding carboxylic acids is 1. The van der Waals surface area contributed by atoms with Gasteiger partial charge in [-0.15, -0.1) is 0 Å². The topological polar surface area (TPSA) is 121 Å². The van der Waals surface area contributed by atoms with E-state index < -0.39 is 0 Å². The van der Waals surface area contributed by atoms with Crippen molar-refractivity contribution in [1.82, 2.24) is 10.3 Å². The number of hydrogen-bond donors (Lipinski definition) is 4. The number of amides is 1. The molecule has 0 saturated heterocycles. The molecule has 1 saturated carbocycles. The van der Waals surface area contributed by atoms with Crippen LogP contribution in [0.15, 0.2) is 23.6 Å². The second kappa shape index (κ2) is 5.55. The Morgan fingerprint density at radius 2 is 2.32 bits per heavy atom. The Morgan fingerprint density at radius 3 is 3.00 bits per heavy atom. The molecule has 1 fully saturated rings. The first-order valence-electron chi connectivity index (χ1n) is 6.04. The van der Waals surface area contributed by atoms with E-state index in [4.69, 9.17) is 10.9 Å². The molecule has 0 bridgehead atoms. The first-order chi connectivity index (χ1) is 9.13. The van der Waals surface area contributed by atoms with E-state index >= 15 is 0 Å². The summed E-state index contributed by atoms with van der Waals surface area (Å²) in [6.45, 7) is 0. The minimum Gasteiger partial charge on any atom is -0.505 e. The molecule has 1 amide bonds. The normalized spacial score (nSPS) is 23.3. The third kappa shape index (κ3) is 2.75. The summed E-state index contributed by atoms with van der Waals surface area (Å²) >= 11 is 0. The van der Waals surface area contributed by atoms with Gasteiger partial charge in [-0.05, 0) is 18.9 Å². The lowest BCUT2D eigenvalue weighted by Crippen LogP contribution is -2.42. The minimum absolute atomic E-state index is 0.127. The molecule has 7 nitrogen and oxygen atoms in total. The number of nitrogens with zero attached hydrogens (tertiary/aromatic N) is 2. The average molecular weight is 264 g/mol. The molecule has 1 aliphatic carbocycles. The highest BCUT2D eigenvalue weighted by atomic mass is 16.4. The van der Waals surface area contributed by atoms with Crippen LogP contribution in [-0.4, -0.2) is 33.1 Å². The Morgan fingerprint density at radius 1 is 1.53 bits per heavy atom. The average Bonchev–Trinajstić information content (AvgIpc) is 2.86. The number of oxime groups is 1. The zero-order valence-electron chi connectivity index (χ0n) is 10.3. The maximum atomic E-state index is 12.0. The summed E-state index contributed by atoms with van der Waals surface area (Å²) in [5.41, 5.74) is 5.77. The summed E-state index contributed by atoms with van der Waals surface area (Å²) in [6.07, 6.45) is 5.07. The van der Waals surface area contributed by atoms with Gasteiger partial charge < -0.3 is 21.4 Å². The predicted molar refractivity (Wildman–Crippen MR) is 67.9 cm³/mol. The van der Waals surface area contributed by atoms with Crippen LogP contribution in [0, 0.1) is 5.92 Å². The maximum absolute atomic E-state index is 12.0. The van der Waals surface area contributed by atoms with Crippen molar-refractivity contribution < 1.29 is 15.1 Å². The van der Waals surface area contributed by atoms with Crippen LogP contribution in [0.25, 0.3) is 0 Å². The lowest BCUT2D eigenvalue weighted by Gasteiger charge is -2.19. The van der Waals surface area contributed by atoms with Gasteiger partial charge in [-0.3, -0.25) is 9.78 Å². The molecule has 19 heavy (non-hydrogen) atoms. The second-order valence-corrected chi connectivity index (χ2v) is 4.54. The van der Waals surface area contributed by atoms with Crippen molar-refractivity contribution in [2.24, 2.45) is 16.8 Å².